The first kappa shape index (κ1) is 15.7. The van der Waals surface area contributed by atoms with Crippen molar-refractivity contribution in [2.24, 2.45) is 5.84 Å². The van der Waals surface area contributed by atoms with Gasteiger partial charge >= 0.3 is 0 Å². The van der Waals surface area contributed by atoms with Gasteiger partial charge in [-0.05, 0) is 47.1 Å². The SMILES string of the molecule is CC(C)(C)c1ccc(CC(Cc2ccncc2)NN)cc1. The smallest absolute Gasteiger partial charge is 0.0291 e. The first-order chi connectivity index (χ1) is 9.99. The lowest BCUT2D eigenvalue weighted by atomic mass is 9.86. The second-order valence-electron chi connectivity index (χ2n) is 6.57. The lowest BCUT2D eigenvalue weighted by molar-refractivity contribution is 0.522. The molecule has 0 fully saturated rings. The number of hydrogen-bond acceptors (Lipinski definition) is 3. The summed E-state index contributed by atoms with van der Waals surface area (Å²) in [4.78, 5) is 4.04. The summed E-state index contributed by atoms with van der Waals surface area (Å²) in [6.45, 7) is 6.70. The highest BCUT2D eigenvalue weighted by molar-refractivity contribution is 5.28. The van der Waals surface area contributed by atoms with Crippen LogP contribution in [0.4, 0.5) is 0 Å². The second kappa shape index (κ2) is 6.83. The average molecular weight is 283 g/mol. The van der Waals surface area contributed by atoms with Gasteiger partial charge in [0.25, 0.3) is 0 Å². The largest absolute Gasteiger partial charge is 0.271 e. The minimum Gasteiger partial charge on any atom is -0.271 e. The number of benzene rings is 1. The molecule has 0 spiro atoms. The quantitative estimate of drug-likeness (QED) is 0.655. The Balaban J connectivity index is 2.02. The Bertz CT molecular complexity index is 541. The lowest BCUT2D eigenvalue weighted by Gasteiger charge is -2.20. The van der Waals surface area contributed by atoms with Gasteiger partial charge in [0.1, 0.15) is 0 Å². The number of nitrogens with zero attached hydrogens (tertiary/aromatic N) is 1. The number of aromatic nitrogens is 1. The van der Waals surface area contributed by atoms with Crippen LogP contribution in [0.3, 0.4) is 0 Å². The zero-order chi connectivity index (χ0) is 15.3. The molecule has 2 rings (SSSR count). The third-order valence-electron chi connectivity index (χ3n) is 3.77. The van der Waals surface area contributed by atoms with Crippen molar-refractivity contribution in [3.63, 3.8) is 0 Å². The molecule has 0 amide bonds. The van der Waals surface area contributed by atoms with Crippen molar-refractivity contribution < 1.29 is 0 Å². The Hall–Kier alpha value is -1.71. The number of rotatable bonds is 5. The van der Waals surface area contributed by atoms with Crippen LogP contribution >= 0.6 is 0 Å². The van der Waals surface area contributed by atoms with Crippen LogP contribution in [0.15, 0.2) is 48.8 Å². The molecule has 1 atom stereocenters. The maximum atomic E-state index is 5.70. The second-order valence-corrected chi connectivity index (χ2v) is 6.57. The van der Waals surface area contributed by atoms with E-state index in [4.69, 9.17) is 5.84 Å². The maximum Gasteiger partial charge on any atom is 0.0291 e. The van der Waals surface area contributed by atoms with Crippen LogP contribution in [0, 0.1) is 0 Å². The Morgan fingerprint density at radius 2 is 1.48 bits per heavy atom. The molecule has 0 bridgehead atoms. The summed E-state index contributed by atoms with van der Waals surface area (Å²) in [6.07, 6.45) is 5.46. The Morgan fingerprint density at radius 1 is 0.952 bits per heavy atom. The average Bonchev–Trinajstić information content (AvgIpc) is 2.47. The fourth-order valence-corrected chi connectivity index (χ4v) is 2.42. The third kappa shape index (κ3) is 4.66. The zero-order valence-corrected chi connectivity index (χ0v) is 13.1. The summed E-state index contributed by atoms with van der Waals surface area (Å²) >= 11 is 0. The van der Waals surface area contributed by atoms with Gasteiger partial charge in [0.15, 0.2) is 0 Å². The van der Waals surface area contributed by atoms with Crippen LogP contribution in [0.2, 0.25) is 0 Å². The molecule has 1 aromatic carbocycles. The number of hydrazine groups is 1. The van der Waals surface area contributed by atoms with Crippen molar-refractivity contribution >= 4 is 0 Å². The van der Waals surface area contributed by atoms with E-state index in [1.54, 1.807) is 0 Å². The first-order valence-electron chi connectivity index (χ1n) is 7.43. The molecular formula is C18H25N3. The van der Waals surface area contributed by atoms with Gasteiger partial charge in [0.2, 0.25) is 0 Å². The van der Waals surface area contributed by atoms with Crippen molar-refractivity contribution in [2.45, 2.75) is 45.1 Å². The van der Waals surface area contributed by atoms with Gasteiger partial charge in [-0.25, -0.2) is 0 Å². The number of pyridine rings is 1. The Kier molecular flexibility index (Phi) is 5.10. The molecule has 0 radical (unpaired) electrons. The molecule has 0 saturated heterocycles. The number of hydrogen-bond donors (Lipinski definition) is 2. The molecule has 3 N–H and O–H groups in total. The third-order valence-corrected chi connectivity index (χ3v) is 3.77. The highest BCUT2D eigenvalue weighted by atomic mass is 15.2. The van der Waals surface area contributed by atoms with Crippen LogP contribution < -0.4 is 11.3 Å². The van der Waals surface area contributed by atoms with E-state index < -0.39 is 0 Å². The van der Waals surface area contributed by atoms with Gasteiger partial charge < -0.3 is 0 Å². The molecule has 0 aliphatic carbocycles. The van der Waals surface area contributed by atoms with E-state index in [0.29, 0.717) is 0 Å². The Labute approximate surface area is 127 Å². The summed E-state index contributed by atoms with van der Waals surface area (Å²) in [7, 11) is 0. The fraction of sp³-hybridized carbons (Fsp3) is 0.389. The lowest BCUT2D eigenvalue weighted by Crippen LogP contribution is -2.38. The van der Waals surface area contributed by atoms with Crippen molar-refractivity contribution in [3.8, 4) is 0 Å². The van der Waals surface area contributed by atoms with E-state index in [0.717, 1.165) is 12.8 Å². The van der Waals surface area contributed by atoms with Gasteiger partial charge in [-0.15, -0.1) is 0 Å². The minimum atomic E-state index is 0.196. The molecule has 0 aliphatic rings. The summed E-state index contributed by atoms with van der Waals surface area (Å²) in [6, 6.07) is 13.1. The fourth-order valence-electron chi connectivity index (χ4n) is 2.42. The van der Waals surface area contributed by atoms with Crippen LogP contribution in [-0.4, -0.2) is 11.0 Å². The number of nitrogens with two attached hydrogens (primary N) is 1. The highest BCUT2D eigenvalue weighted by Crippen LogP contribution is 2.22. The predicted molar refractivity (Wildman–Crippen MR) is 87.9 cm³/mol. The van der Waals surface area contributed by atoms with E-state index in [1.807, 2.05) is 24.5 Å². The first-order valence-corrected chi connectivity index (χ1v) is 7.43. The molecule has 2 aromatic rings. The van der Waals surface area contributed by atoms with Crippen molar-refractivity contribution in [1.29, 1.82) is 0 Å². The van der Waals surface area contributed by atoms with Gasteiger partial charge in [0, 0.05) is 18.4 Å². The van der Waals surface area contributed by atoms with E-state index in [2.05, 4.69) is 55.4 Å². The van der Waals surface area contributed by atoms with Gasteiger partial charge in [-0.3, -0.25) is 16.3 Å². The summed E-state index contributed by atoms with van der Waals surface area (Å²) in [5.41, 5.74) is 7.03. The van der Waals surface area contributed by atoms with Crippen LogP contribution in [0.1, 0.15) is 37.5 Å². The van der Waals surface area contributed by atoms with Crippen molar-refractivity contribution in [1.82, 2.24) is 10.4 Å². The topological polar surface area (TPSA) is 50.9 Å². The highest BCUT2D eigenvalue weighted by Gasteiger charge is 2.14. The summed E-state index contributed by atoms with van der Waals surface area (Å²) < 4.78 is 0. The van der Waals surface area contributed by atoms with Gasteiger partial charge in [-0.1, -0.05) is 45.0 Å². The molecule has 3 heteroatoms. The van der Waals surface area contributed by atoms with Crippen LogP contribution in [0.25, 0.3) is 0 Å². The summed E-state index contributed by atoms with van der Waals surface area (Å²) in [5, 5.41) is 0. The maximum absolute atomic E-state index is 5.70. The van der Waals surface area contributed by atoms with E-state index >= 15 is 0 Å². The molecule has 0 saturated carbocycles. The molecule has 21 heavy (non-hydrogen) atoms. The van der Waals surface area contributed by atoms with E-state index in [-0.39, 0.29) is 11.5 Å². The van der Waals surface area contributed by atoms with E-state index in [1.165, 1.54) is 16.7 Å². The predicted octanol–water partition coefficient (Wildman–Crippen LogP) is 3.00. The molecule has 1 unspecified atom stereocenters. The summed E-state index contributed by atoms with van der Waals surface area (Å²) in [5.74, 6) is 5.70. The number of nitrogens with one attached hydrogen (secondary N) is 1. The standard InChI is InChI=1S/C18H25N3/c1-18(2,3)16-6-4-14(5-7-16)12-17(21-19)13-15-8-10-20-11-9-15/h4-11,17,21H,12-13,19H2,1-3H3. The normalized spacial score (nSPS) is 13.1. The van der Waals surface area contributed by atoms with Crippen LogP contribution in [-0.2, 0) is 18.3 Å². The van der Waals surface area contributed by atoms with Crippen LogP contribution in [0.5, 0.6) is 0 Å². The molecule has 3 nitrogen and oxygen atoms in total. The van der Waals surface area contributed by atoms with Gasteiger partial charge in [-0.2, -0.15) is 0 Å². The molecular weight excluding hydrogens is 258 g/mol. The molecule has 1 heterocycles. The van der Waals surface area contributed by atoms with Crippen molar-refractivity contribution in [3.05, 3.63) is 65.5 Å². The monoisotopic (exact) mass is 283 g/mol. The van der Waals surface area contributed by atoms with Gasteiger partial charge in [0.05, 0.1) is 0 Å². The zero-order valence-electron chi connectivity index (χ0n) is 13.1. The van der Waals surface area contributed by atoms with E-state index in [9.17, 15) is 0 Å². The minimum absolute atomic E-state index is 0.196. The van der Waals surface area contributed by atoms with Crippen molar-refractivity contribution in [2.75, 3.05) is 0 Å². The Morgan fingerprint density at radius 3 is 1.95 bits per heavy atom. The molecule has 112 valence electrons. The molecule has 0 aliphatic heterocycles. The molecule has 1 aromatic heterocycles.